The normalized spacial score (nSPS) is 14.2. The van der Waals surface area contributed by atoms with Crippen LogP contribution in [0.15, 0.2) is 9.95 Å². The van der Waals surface area contributed by atoms with Crippen LogP contribution >= 0.6 is 23.1 Å². The Balaban J connectivity index is 1.74. The summed E-state index contributed by atoms with van der Waals surface area (Å²) in [6.45, 7) is 2.50. The van der Waals surface area contributed by atoms with Gasteiger partial charge in [0, 0.05) is 13.0 Å². The molecule has 4 heterocycles. The fraction of sp³-hybridized carbons (Fsp3) is 0.438. The number of hydrogen-bond acceptors (Lipinski definition) is 7. The zero-order valence-corrected chi connectivity index (χ0v) is 16.1. The maximum absolute atomic E-state index is 12.9. The number of rotatable bonds is 3. The third kappa shape index (κ3) is 2.92. The molecular weight excluding hydrogens is 372 g/mol. The molecule has 0 spiro atoms. The second kappa shape index (κ2) is 6.84. The van der Waals surface area contributed by atoms with Crippen molar-refractivity contribution in [3.05, 3.63) is 26.6 Å². The van der Waals surface area contributed by atoms with Crippen LogP contribution in [0.3, 0.4) is 0 Å². The van der Waals surface area contributed by atoms with Gasteiger partial charge in [-0.25, -0.2) is 10.1 Å². The Morgan fingerprint density at radius 3 is 2.92 bits per heavy atom. The number of anilines is 1. The van der Waals surface area contributed by atoms with E-state index in [1.165, 1.54) is 23.1 Å². The van der Waals surface area contributed by atoms with Crippen LogP contribution in [0.25, 0.3) is 10.2 Å². The number of hydrogen-bond donors (Lipinski definition) is 2. The Labute approximate surface area is 157 Å². The number of thiophene rings is 1. The number of carbonyl (C=O) groups excluding carboxylic acids is 1. The Morgan fingerprint density at radius 2 is 2.15 bits per heavy atom. The van der Waals surface area contributed by atoms with Crippen LogP contribution in [0, 0.1) is 6.92 Å². The monoisotopic (exact) mass is 390 g/mol. The van der Waals surface area contributed by atoms with Crippen LogP contribution in [-0.2, 0) is 13.0 Å². The summed E-state index contributed by atoms with van der Waals surface area (Å²) >= 11 is 2.63. The molecule has 0 saturated heterocycles. The summed E-state index contributed by atoms with van der Waals surface area (Å²) in [6.07, 6.45) is 5.80. The first-order chi connectivity index (χ1) is 12.6. The predicted molar refractivity (Wildman–Crippen MR) is 102 cm³/mol. The number of aryl methyl sites for hydroxylation is 2. The van der Waals surface area contributed by atoms with Crippen LogP contribution in [0.5, 0.6) is 0 Å². The summed E-state index contributed by atoms with van der Waals surface area (Å²) in [7, 11) is 0. The average molecular weight is 390 g/mol. The maximum atomic E-state index is 12.9. The van der Waals surface area contributed by atoms with E-state index in [9.17, 15) is 9.59 Å². The van der Waals surface area contributed by atoms with Crippen molar-refractivity contribution < 1.29 is 4.79 Å². The van der Waals surface area contributed by atoms with Gasteiger partial charge >= 0.3 is 0 Å². The van der Waals surface area contributed by atoms with Crippen molar-refractivity contribution in [2.75, 3.05) is 11.6 Å². The smallest absolute Gasteiger partial charge is 0.268 e. The molecule has 136 valence electrons. The van der Waals surface area contributed by atoms with Gasteiger partial charge in [-0.15, -0.1) is 16.4 Å². The Morgan fingerprint density at radius 1 is 1.31 bits per heavy atom. The number of aromatic nitrogens is 5. The minimum absolute atomic E-state index is 0.0379. The van der Waals surface area contributed by atoms with Crippen molar-refractivity contribution in [2.45, 2.75) is 44.3 Å². The summed E-state index contributed by atoms with van der Waals surface area (Å²) in [5.74, 6) is 0.804. The summed E-state index contributed by atoms with van der Waals surface area (Å²) in [6, 6.07) is 0. The highest BCUT2D eigenvalue weighted by molar-refractivity contribution is 7.98. The fourth-order valence-corrected chi connectivity index (χ4v) is 4.59. The number of nitrogens with one attached hydrogen (secondary N) is 2. The molecule has 1 amide bonds. The summed E-state index contributed by atoms with van der Waals surface area (Å²) < 4.78 is 1.78. The first kappa shape index (κ1) is 17.2. The van der Waals surface area contributed by atoms with E-state index < -0.39 is 0 Å². The lowest BCUT2D eigenvalue weighted by atomic mass is 10.2. The molecule has 0 atom stereocenters. The SMILES string of the molecule is CSc1n[nH]c(NC(=O)c2sc3nc4n(c(=O)c3c2C)CCCCC4)n1. The molecule has 8 nitrogen and oxygen atoms in total. The molecule has 0 saturated carbocycles. The van der Waals surface area contributed by atoms with Crippen molar-refractivity contribution in [1.82, 2.24) is 24.7 Å². The van der Waals surface area contributed by atoms with Crippen LogP contribution < -0.4 is 10.9 Å². The van der Waals surface area contributed by atoms with Crippen LogP contribution in [0.2, 0.25) is 0 Å². The third-order valence-electron chi connectivity index (χ3n) is 4.50. The van der Waals surface area contributed by atoms with E-state index in [2.05, 4.69) is 25.5 Å². The lowest BCUT2D eigenvalue weighted by Crippen LogP contribution is -2.24. The van der Waals surface area contributed by atoms with Gasteiger partial charge in [0.1, 0.15) is 10.7 Å². The standard InChI is InChI=1S/C16H18N6O2S2/c1-8-10-13(17-9-6-4-3-5-7-22(9)14(10)24)26-11(8)12(23)18-15-19-16(25-2)21-20-15/h3-7H2,1-2H3,(H2,18,19,20,21,23). The van der Waals surface area contributed by atoms with Gasteiger partial charge in [0.05, 0.1) is 10.3 Å². The molecule has 0 aromatic carbocycles. The van der Waals surface area contributed by atoms with E-state index in [-0.39, 0.29) is 17.4 Å². The van der Waals surface area contributed by atoms with E-state index in [0.717, 1.165) is 31.5 Å². The lowest BCUT2D eigenvalue weighted by Gasteiger charge is -2.08. The van der Waals surface area contributed by atoms with Crippen molar-refractivity contribution in [2.24, 2.45) is 0 Å². The van der Waals surface area contributed by atoms with Crippen LogP contribution in [0.4, 0.5) is 5.95 Å². The number of nitrogens with zero attached hydrogens (tertiary/aromatic N) is 4. The zero-order valence-electron chi connectivity index (χ0n) is 14.5. The molecule has 3 aromatic rings. The number of aromatic amines is 1. The molecule has 10 heteroatoms. The number of carbonyl (C=O) groups is 1. The number of amides is 1. The largest absolute Gasteiger partial charge is 0.296 e. The zero-order chi connectivity index (χ0) is 18.3. The average Bonchev–Trinajstić information content (AvgIpc) is 3.12. The van der Waals surface area contributed by atoms with E-state index >= 15 is 0 Å². The Hall–Kier alpha value is -2.20. The van der Waals surface area contributed by atoms with Crippen LogP contribution in [-0.4, -0.2) is 36.9 Å². The molecule has 2 N–H and O–H groups in total. The van der Waals surface area contributed by atoms with E-state index in [4.69, 9.17) is 0 Å². The molecule has 0 bridgehead atoms. The van der Waals surface area contributed by atoms with Crippen molar-refractivity contribution in [3.8, 4) is 0 Å². The van der Waals surface area contributed by atoms with Gasteiger partial charge < -0.3 is 0 Å². The van der Waals surface area contributed by atoms with Gasteiger partial charge in [0.25, 0.3) is 11.5 Å². The second-order valence-electron chi connectivity index (χ2n) is 6.16. The predicted octanol–water partition coefficient (Wildman–Crippen LogP) is 2.59. The molecule has 0 fully saturated rings. The topological polar surface area (TPSA) is 106 Å². The highest BCUT2D eigenvalue weighted by Gasteiger charge is 2.22. The molecule has 1 aliphatic rings. The van der Waals surface area contributed by atoms with Crippen molar-refractivity contribution in [1.29, 1.82) is 0 Å². The summed E-state index contributed by atoms with van der Waals surface area (Å²) in [5, 5.41) is 10.5. The van der Waals surface area contributed by atoms with Gasteiger partial charge in [0.15, 0.2) is 0 Å². The molecule has 26 heavy (non-hydrogen) atoms. The summed E-state index contributed by atoms with van der Waals surface area (Å²) in [5.41, 5.74) is 0.633. The molecule has 0 unspecified atom stereocenters. The number of thioether (sulfide) groups is 1. The minimum atomic E-state index is -0.311. The van der Waals surface area contributed by atoms with Crippen molar-refractivity contribution >= 4 is 45.2 Å². The van der Waals surface area contributed by atoms with E-state index in [1.807, 2.05) is 6.26 Å². The highest BCUT2D eigenvalue weighted by Crippen LogP contribution is 2.29. The number of fused-ring (bicyclic) bond motifs is 2. The number of H-pyrrole nitrogens is 1. The third-order valence-corrected chi connectivity index (χ3v) is 6.23. The highest BCUT2D eigenvalue weighted by atomic mass is 32.2. The molecule has 1 aliphatic heterocycles. The van der Waals surface area contributed by atoms with Gasteiger partial charge in [-0.2, -0.15) is 4.98 Å². The maximum Gasteiger partial charge on any atom is 0.268 e. The Bertz CT molecular complexity index is 1050. The first-order valence-electron chi connectivity index (χ1n) is 8.39. The van der Waals surface area contributed by atoms with E-state index in [0.29, 0.717) is 32.4 Å². The lowest BCUT2D eigenvalue weighted by molar-refractivity contribution is 0.102. The minimum Gasteiger partial charge on any atom is -0.296 e. The molecule has 3 aromatic heterocycles. The molecule has 4 rings (SSSR count). The van der Waals surface area contributed by atoms with Gasteiger partial charge in [0.2, 0.25) is 11.1 Å². The van der Waals surface area contributed by atoms with Gasteiger partial charge in [-0.3, -0.25) is 19.5 Å². The van der Waals surface area contributed by atoms with Gasteiger partial charge in [-0.1, -0.05) is 18.2 Å². The molecule has 0 aliphatic carbocycles. The Kier molecular flexibility index (Phi) is 4.53. The second-order valence-corrected chi connectivity index (χ2v) is 7.93. The molecular formula is C16H18N6O2S2. The summed E-state index contributed by atoms with van der Waals surface area (Å²) in [4.78, 5) is 35.6. The van der Waals surface area contributed by atoms with Gasteiger partial charge in [-0.05, 0) is 31.6 Å². The van der Waals surface area contributed by atoms with E-state index in [1.54, 1.807) is 11.5 Å². The molecule has 0 radical (unpaired) electrons. The van der Waals surface area contributed by atoms with Crippen LogP contribution in [0.1, 0.15) is 40.3 Å². The van der Waals surface area contributed by atoms with Crippen molar-refractivity contribution in [3.63, 3.8) is 0 Å². The quantitative estimate of drug-likeness (QED) is 0.666. The fourth-order valence-electron chi connectivity index (χ4n) is 3.18. The first-order valence-corrected chi connectivity index (χ1v) is 10.4.